The van der Waals surface area contributed by atoms with Gasteiger partial charge in [0.25, 0.3) is 0 Å². The largest absolute Gasteiger partial charge is 0.340 e. The van der Waals surface area contributed by atoms with E-state index in [0.29, 0.717) is 0 Å². The van der Waals surface area contributed by atoms with Gasteiger partial charge < -0.3 is 5.32 Å². The van der Waals surface area contributed by atoms with E-state index in [1.54, 1.807) is 6.20 Å². The summed E-state index contributed by atoms with van der Waals surface area (Å²) in [4.78, 5) is 8.33. The van der Waals surface area contributed by atoms with Crippen LogP contribution in [0.3, 0.4) is 0 Å². The van der Waals surface area contributed by atoms with E-state index < -0.39 is 0 Å². The molecule has 2 aromatic heterocycles. The Morgan fingerprint density at radius 2 is 2.17 bits per heavy atom. The van der Waals surface area contributed by atoms with Gasteiger partial charge in [-0.25, -0.2) is 9.97 Å². The SMILES string of the molecule is Cc1cc(Nc2ncnc3[nH]ncc23)ccc1Br. The first kappa shape index (κ1) is 11.2. The predicted molar refractivity (Wildman–Crippen MR) is 73.8 cm³/mol. The minimum Gasteiger partial charge on any atom is -0.340 e. The molecule has 2 heterocycles. The molecule has 0 saturated carbocycles. The number of fused-ring (bicyclic) bond motifs is 1. The number of aromatic amines is 1. The van der Waals surface area contributed by atoms with Crippen molar-refractivity contribution in [3.8, 4) is 0 Å². The van der Waals surface area contributed by atoms with Gasteiger partial charge >= 0.3 is 0 Å². The molecular weight excluding hydrogens is 294 g/mol. The zero-order chi connectivity index (χ0) is 12.5. The van der Waals surface area contributed by atoms with Crippen LogP contribution >= 0.6 is 15.9 Å². The summed E-state index contributed by atoms with van der Waals surface area (Å²) in [6.45, 7) is 2.04. The van der Waals surface area contributed by atoms with Crippen molar-refractivity contribution in [2.24, 2.45) is 0 Å². The van der Waals surface area contributed by atoms with Crippen molar-refractivity contribution >= 4 is 38.5 Å². The number of aryl methyl sites for hydroxylation is 1. The number of H-pyrrole nitrogens is 1. The van der Waals surface area contributed by atoms with Gasteiger partial charge in [0, 0.05) is 10.2 Å². The lowest BCUT2D eigenvalue weighted by Gasteiger charge is -2.07. The molecule has 0 aliphatic carbocycles. The molecule has 3 aromatic rings. The minimum absolute atomic E-state index is 0.723. The van der Waals surface area contributed by atoms with Crippen LogP contribution in [0.2, 0.25) is 0 Å². The molecule has 0 aliphatic rings. The van der Waals surface area contributed by atoms with Crippen LogP contribution in [0.5, 0.6) is 0 Å². The lowest BCUT2D eigenvalue weighted by Crippen LogP contribution is -1.95. The Hall–Kier alpha value is -1.95. The summed E-state index contributed by atoms with van der Waals surface area (Å²) in [5.41, 5.74) is 2.87. The van der Waals surface area contributed by atoms with Gasteiger partial charge in [-0.3, -0.25) is 5.10 Å². The van der Waals surface area contributed by atoms with Gasteiger partial charge in [0.2, 0.25) is 0 Å². The molecule has 5 nitrogen and oxygen atoms in total. The molecular formula is C12H10BrN5. The Morgan fingerprint density at radius 3 is 3.00 bits per heavy atom. The van der Waals surface area contributed by atoms with E-state index in [-0.39, 0.29) is 0 Å². The second-order valence-corrected chi connectivity index (χ2v) is 4.80. The molecule has 0 fully saturated rings. The summed E-state index contributed by atoms with van der Waals surface area (Å²) in [6, 6.07) is 6.05. The molecule has 0 aliphatic heterocycles. The first-order valence-electron chi connectivity index (χ1n) is 5.41. The molecule has 0 spiro atoms. The fourth-order valence-electron chi connectivity index (χ4n) is 1.72. The highest BCUT2D eigenvalue weighted by molar-refractivity contribution is 9.10. The highest BCUT2D eigenvalue weighted by Gasteiger charge is 2.06. The van der Waals surface area contributed by atoms with Gasteiger partial charge in [0.15, 0.2) is 5.65 Å². The van der Waals surface area contributed by atoms with Crippen molar-refractivity contribution in [2.45, 2.75) is 6.92 Å². The first-order valence-corrected chi connectivity index (χ1v) is 6.20. The molecule has 0 amide bonds. The standard InChI is InChI=1S/C12H10BrN5/c1-7-4-8(2-3-10(7)13)17-11-9-5-16-18-12(9)15-6-14-11/h2-6H,1H3,(H2,14,15,16,17,18). The van der Waals surface area contributed by atoms with Crippen LogP contribution in [0, 0.1) is 6.92 Å². The number of anilines is 2. The van der Waals surface area contributed by atoms with Crippen LogP contribution in [-0.2, 0) is 0 Å². The number of nitrogens with one attached hydrogen (secondary N) is 2. The van der Waals surface area contributed by atoms with Gasteiger partial charge in [-0.1, -0.05) is 15.9 Å². The van der Waals surface area contributed by atoms with E-state index in [4.69, 9.17) is 0 Å². The molecule has 0 bridgehead atoms. The molecule has 0 unspecified atom stereocenters. The van der Waals surface area contributed by atoms with Gasteiger partial charge in [-0.05, 0) is 30.7 Å². The summed E-state index contributed by atoms with van der Waals surface area (Å²) in [5.74, 6) is 0.746. The quantitative estimate of drug-likeness (QED) is 0.763. The summed E-state index contributed by atoms with van der Waals surface area (Å²) in [6.07, 6.45) is 3.22. The molecule has 2 N–H and O–H groups in total. The Kier molecular flexibility index (Phi) is 2.71. The number of nitrogens with zero attached hydrogens (tertiary/aromatic N) is 3. The van der Waals surface area contributed by atoms with E-state index in [1.807, 2.05) is 19.1 Å². The minimum atomic E-state index is 0.723. The van der Waals surface area contributed by atoms with E-state index >= 15 is 0 Å². The van der Waals surface area contributed by atoms with Crippen molar-refractivity contribution in [1.29, 1.82) is 0 Å². The summed E-state index contributed by atoms with van der Waals surface area (Å²) in [7, 11) is 0. The van der Waals surface area contributed by atoms with Gasteiger partial charge in [0.1, 0.15) is 12.1 Å². The van der Waals surface area contributed by atoms with Gasteiger partial charge in [-0.15, -0.1) is 0 Å². The van der Waals surface area contributed by atoms with Crippen molar-refractivity contribution in [3.63, 3.8) is 0 Å². The van der Waals surface area contributed by atoms with Crippen LogP contribution < -0.4 is 5.32 Å². The van der Waals surface area contributed by atoms with Gasteiger partial charge in [0.05, 0.1) is 11.6 Å². The summed E-state index contributed by atoms with van der Waals surface area (Å²) in [5, 5.41) is 10.9. The topological polar surface area (TPSA) is 66.5 Å². The predicted octanol–water partition coefficient (Wildman–Crippen LogP) is 3.17. The van der Waals surface area contributed by atoms with Crippen molar-refractivity contribution < 1.29 is 0 Å². The molecule has 90 valence electrons. The average Bonchev–Trinajstić information content (AvgIpc) is 2.83. The highest BCUT2D eigenvalue weighted by Crippen LogP contribution is 2.24. The lowest BCUT2D eigenvalue weighted by molar-refractivity contribution is 1.09. The molecule has 0 radical (unpaired) electrons. The lowest BCUT2D eigenvalue weighted by atomic mass is 10.2. The summed E-state index contributed by atoms with van der Waals surface area (Å²) < 4.78 is 1.09. The number of rotatable bonds is 2. The zero-order valence-corrected chi connectivity index (χ0v) is 11.2. The van der Waals surface area contributed by atoms with Crippen molar-refractivity contribution in [3.05, 3.63) is 40.8 Å². The second kappa shape index (κ2) is 4.38. The van der Waals surface area contributed by atoms with Crippen LogP contribution in [0.1, 0.15) is 5.56 Å². The molecule has 3 rings (SSSR count). The number of halogens is 1. The monoisotopic (exact) mass is 303 g/mol. The number of benzene rings is 1. The van der Waals surface area contributed by atoms with Gasteiger partial charge in [-0.2, -0.15) is 5.10 Å². The van der Waals surface area contributed by atoms with E-state index in [1.165, 1.54) is 6.33 Å². The third-order valence-electron chi connectivity index (χ3n) is 2.67. The Bertz CT molecular complexity index is 707. The summed E-state index contributed by atoms with van der Waals surface area (Å²) >= 11 is 3.48. The molecule has 18 heavy (non-hydrogen) atoms. The Balaban J connectivity index is 2.01. The number of hydrogen-bond donors (Lipinski definition) is 2. The normalized spacial score (nSPS) is 10.8. The number of aromatic nitrogens is 4. The Morgan fingerprint density at radius 1 is 1.28 bits per heavy atom. The molecule has 0 atom stereocenters. The van der Waals surface area contributed by atoms with Crippen LogP contribution in [0.4, 0.5) is 11.5 Å². The maximum atomic E-state index is 4.23. The molecule has 1 aromatic carbocycles. The highest BCUT2D eigenvalue weighted by atomic mass is 79.9. The fourth-order valence-corrected chi connectivity index (χ4v) is 1.97. The van der Waals surface area contributed by atoms with E-state index in [2.05, 4.69) is 47.5 Å². The maximum absolute atomic E-state index is 4.23. The first-order chi connectivity index (χ1) is 8.74. The van der Waals surface area contributed by atoms with Crippen molar-refractivity contribution in [1.82, 2.24) is 20.2 Å². The average molecular weight is 304 g/mol. The molecule has 6 heteroatoms. The van der Waals surface area contributed by atoms with Crippen LogP contribution in [-0.4, -0.2) is 20.2 Å². The van der Waals surface area contributed by atoms with Crippen LogP contribution in [0.15, 0.2) is 35.2 Å². The zero-order valence-electron chi connectivity index (χ0n) is 9.61. The van der Waals surface area contributed by atoms with E-state index in [9.17, 15) is 0 Å². The van der Waals surface area contributed by atoms with E-state index in [0.717, 1.165) is 32.6 Å². The molecule has 0 saturated heterocycles. The third kappa shape index (κ3) is 1.95. The third-order valence-corrected chi connectivity index (χ3v) is 3.56. The Labute approximate surface area is 112 Å². The smallest absolute Gasteiger partial charge is 0.160 e. The maximum Gasteiger partial charge on any atom is 0.160 e. The number of hydrogen-bond acceptors (Lipinski definition) is 4. The van der Waals surface area contributed by atoms with Crippen molar-refractivity contribution in [2.75, 3.05) is 5.32 Å². The van der Waals surface area contributed by atoms with Crippen LogP contribution in [0.25, 0.3) is 11.0 Å². The fraction of sp³-hybridized carbons (Fsp3) is 0.0833. The second-order valence-electron chi connectivity index (χ2n) is 3.94.